The number of benzene rings is 4. The first kappa shape index (κ1) is 28.4. The van der Waals surface area contributed by atoms with Crippen molar-refractivity contribution in [2.75, 3.05) is 0 Å². The van der Waals surface area contributed by atoms with Crippen molar-refractivity contribution in [3.63, 3.8) is 0 Å². The van der Waals surface area contributed by atoms with Gasteiger partial charge in [-0.15, -0.1) is 0 Å². The summed E-state index contributed by atoms with van der Waals surface area (Å²) in [6.45, 7) is 8.19. The van der Waals surface area contributed by atoms with Crippen molar-refractivity contribution in [3.05, 3.63) is 120 Å². The first-order valence-electron chi connectivity index (χ1n) is 13.4. The molecule has 0 saturated carbocycles. The molecule has 0 spiro atoms. The summed E-state index contributed by atoms with van der Waals surface area (Å²) in [6, 6.07) is 32.0. The molecule has 0 radical (unpaired) electrons. The fourth-order valence-corrected chi connectivity index (χ4v) is 5.15. The van der Waals surface area contributed by atoms with Crippen LogP contribution in [0, 0.1) is 5.82 Å². The third kappa shape index (κ3) is 8.46. The van der Waals surface area contributed by atoms with E-state index in [1.54, 1.807) is 23.9 Å². The van der Waals surface area contributed by atoms with Crippen molar-refractivity contribution >= 4 is 22.5 Å². The zero-order valence-electron chi connectivity index (χ0n) is 23.4. The summed E-state index contributed by atoms with van der Waals surface area (Å²) in [6.07, 6.45) is 2.68. The maximum absolute atomic E-state index is 13.7. The molecule has 4 aromatic carbocycles. The van der Waals surface area contributed by atoms with E-state index in [1.807, 2.05) is 44.6 Å². The molecule has 0 fully saturated rings. The molecule has 0 aliphatic rings. The van der Waals surface area contributed by atoms with E-state index in [4.69, 9.17) is 4.74 Å². The lowest BCUT2D eigenvalue weighted by molar-refractivity contribution is 0.133. The molecule has 1 heterocycles. The molecule has 0 aliphatic carbocycles. The van der Waals surface area contributed by atoms with Gasteiger partial charge in [0.1, 0.15) is 17.2 Å². The highest BCUT2D eigenvalue weighted by molar-refractivity contribution is 7.99. The minimum Gasteiger partial charge on any atom is -0.488 e. The van der Waals surface area contributed by atoms with Gasteiger partial charge in [-0.3, -0.25) is 4.68 Å². The van der Waals surface area contributed by atoms with Crippen LogP contribution in [0.5, 0.6) is 5.75 Å². The van der Waals surface area contributed by atoms with Crippen LogP contribution < -0.4 is 4.74 Å². The van der Waals surface area contributed by atoms with Crippen LogP contribution in [-0.2, 0) is 26.3 Å². The zero-order chi connectivity index (χ0) is 27.8. The lowest BCUT2D eigenvalue weighted by Crippen LogP contribution is -2.23. The van der Waals surface area contributed by atoms with E-state index in [0.29, 0.717) is 0 Å². The number of fused-ring (bicyclic) bond motifs is 1. The number of aromatic nitrogens is 2. The Hall–Kier alpha value is -3.57. The van der Waals surface area contributed by atoms with E-state index >= 15 is 0 Å². The molecule has 5 heteroatoms. The van der Waals surface area contributed by atoms with Crippen molar-refractivity contribution in [1.82, 2.24) is 9.78 Å². The van der Waals surface area contributed by atoms with E-state index in [0.717, 1.165) is 47.0 Å². The Morgan fingerprint density at radius 3 is 2.03 bits per heavy atom. The van der Waals surface area contributed by atoms with E-state index in [-0.39, 0.29) is 11.4 Å². The summed E-state index contributed by atoms with van der Waals surface area (Å²) in [5.41, 5.74) is 3.15. The number of nitrogens with zero attached hydrogens (tertiary/aromatic N) is 2. The second kappa shape index (κ2) is 13.0. The molecule has 0 N–H and O–H groups in total. The van der Waals surface area contributed by atoms with Crippen LogP contribution >= 0.6 is 11.8 Å². The molecule has 202 valence electrons. The van der Waals surface area contributed by atoms with Crippen molar-refractivity contribution in [1.29, 1.82) is 0 Å². The molecule has 0 amide bonds. The van der Waals surface area contributed by atoms with Gasteiger partial charge in [0, 0.05) is 27.9 Å². The largest absolute Gasteiger partial charge is 0.488 e. The van der Waals surface area contributed by atoms with E-state index in [2.05, 4.69) is 78.8 Å². The topological polar surface area (TPSA) is 27.1 Å². The zero-order valence-corrected chi connectivity index (χ0v) is 24.3. The van der Waals surface area contributed by atoms with E-state index in [1.165, 1.54) is 21.6 Å². The van der Waals surface area contributed by atoms with Gasteiger partial charge in [-0.25, -0.2) is 4.39 Å². The third-order valence-electron chi connectivity index (χ3n) is 6.13. The van der Waals surface area contributed by atoms with Crippen molar-refractivity contribution < 1.29 is 9.13 Å². The van der Waals surface area contributed by atoms with Gasteiger partial charge in [0.2, 0.25) is 0 Å². The molecule has 0 aliphatic heterocycles. The van der Waals surface area contributed by atoms with Crippen LogP contribution in [-0.4, -0.2) is 15.4 Å². The van der Waals surface area contributed by atoms with E-state index in [9.17, 15) is 4.39 Å². The Morgan fingerprint density at radius 2 is 1.46 bits per heavy atom. The SMILES string of the molecule is CCc1cc(CCc2cc(OC(C)(C)C)c3ccc(F)cc3c2)n(C)n1.c1ccc(Sc2ccccc2)cc1. The van der Waals surface area contributed by atoms with Gasteiger partial charge >= 0.3 is 0 Å². The number of hydrogen-bond acceptors (Lipinski definition) is 3. The second-order valence-electron chi connectivity index (χ2n) is 10.5. The van der Waals surface area contributed by atoms with Gasteiger partial charge in [-0.1, -0.05) is 61.2 Å². The number of rotatable bonds is 7. The summed E-state index contributed by atoms with van der Waals surface area (Å²) < 4.78 is 21.8. The summed E-state index contributed by atoms with van der Waals surface area (Å²) in [7, 11) is 1.98. The van der Waals surface area contributed by atoms with Crippen LogP contribution in [0.1, 0.15) is 44.6 Å². The molecule has 5 aromatic rings. The first-order chi connectivity index (χ1) is 18.7. The molecule has 0 unspecified atom stereocenters. The van der Waals surface area contributed by atoms with Gasteiger partial charge in [-0.2, -0.15) is 5.10 Å². The minimum atomic E-state index is -0.308. The Bertz CT molecular complexity index is 1450. The lowest BCUT2D eigenvalue weighted by atomic mass is 10.0. The Kier molecular flexibility index (Phi) is 9.47. The van der Waals surface area contributed by atoms with Crippen LogP contribution in [0.25, 0.3) is 10.8 Å². The summed E-state index contributed by atoms with van der Waals surface area (Å²) in [5, 5.41) is 6.33. The molecule has 5 rings (SSSR count). The lowest BCUT2D eigenvalue weighted by Gasteiger charge is -2.23. The highest BCUT2D eigenvalue weighted by atomic mass is 32.2. The van der Waals surface area contributed by atoms with Crippen molar-refractivity contribution in [3.8, 4) is 5.75 Å². The highest BCUT2D eigenvalue weighted by Crippen LogP contribution is 2.31. The normalized spacial score (nSPS) is 11.2. The summed E-state index contributed by atoms with van der Waals surface area (Å²) in [4.78, 5) is 2.57. The number of aryl methyl sites for hydroxylation is 4. The quantitative estimate of drug-likeness (QED) is 0.206. The monoisotopic (exact) mass is 540 g/mol. The second-order valence-corrected chi connectivity index (χ2v) is 11.7. The predicted molar refractivity (Wildman–Crippen MR) is 161 cm³/mol. The van der Waals surface area contributed by atoms with Gasteiger partial charge in [0.15, 0.2) is 0 Å². The highest BCUT2D eigenvalue weighted by Gasteiger charge is 2.16. The van der Waals surface area contributed by atoms with Gasteiger partial charge < -0.3 is 4.74 Å². The standard InChI is InChI=1S/C22H27FN2O.C12H10S/c1-6-18-14-19(25(5)24-18)9-7-15-11-16-13-17(23)8-10-20(16)21(12-15)26-22(2,3)4;1-3-7-11(8-4-1)13-12-9-5-2-6-10-12/h8,10-14H,6-7,9H2,1-5H3;1-10H. The molecule has 0 bridgehead atoms. The molecule has 1 aromatic heterocycles. The Morgan fingerprint density at radius 1 is 0.821 bits per heavy atom. The molecule has 39 heavy (non-hydrogen) atoms. The maximum Gasteiger partial charge on any atom is 0.128 e. The number of halogens is 1. The van der Waals surface area contributed by atoms with Gasteiger partial charge in [0.05, 0.1) is 5.69 Å². The van der Waals surface area contributed by atoms with Gasteiger partial charge in [-0.05, 0) is 106 Å². The predicted octanol–water partition coefficient (Wildman–Crippen LogP) is 9.08. The minimum absolute atomic E-state index is 0.226. The van der Waals surface area contributed by atoms with Gasteiger partial charge in [0.25, 0.3) is 0 Å². The summed E-state index contributed by atoms with van der Waals surface area (Å²) in [5.74, 6) is 0.583. The Labute approximate surface area is 236 Å². The maximum atomic E-state index is 13.7. The Balaban J connectivity index is 0.000000226. The smallest absolute Gasteiger partial charge is 0.128 e. The average Bonchev–Trinajstić information content (AvgIpc) is 3.27. The average molecular weight is 541 g/mol. The first-order valence-corrected chi connectivity index (χ1v) is 14.2. The van der Waals surface area contributed by atoms with Crippen LogP contribution in [0.3, 0.4) is 0 Å². The van der Waals surface area contributed by atoms with Crippen molar-refractivity contribution in [2.45, 2.75) is 62.3 Å². The summed E-state index contributed by atoms with van der Waals surface area (Å²) >= 11 is 1.79. The van der Waals surface area contributed by atoms with Crippen LogP contribution in [0.15, 0.2) is 107 Å². The fourth-order valence-electron chi connectivity index (χ4n) is 4.29. The molecule has 3 nitrogen and oxygen atoms in total. The molecule has 0 atom stereocenters. The molecule has 0 saturated heterocycles. The molecular weight excluding hydrogens is 503 g/mol. The van der Waals surface area contributed by atoms with E-state index < -0.39 is 0 Å². The van der Waals surface area contributed by atoms with Crippen LogP contribution in [0.4, 0.5) is 4.39 Å². The molecular formula is C34H37FN2OS. The van der Waals surface area contributed by atoms with Crippen LogP contribution in [0.2, 0.25) is 0 Å². The third-order valence-corrected chi connectivity index (χ3v) is 7.15. The number of ether oxygens (including phenoxy) is 1. The number of hydrogen-bond donors (Lipinski definition) is 0. The fraction of sp³-hybridized carbons (Fsp3) is 0.265. The van der Waals surface area contributed by atoms with Crippen molar-refractivity contribution in [2.24, 2.45) is 7.05 Å².